The Morgan fingerprint density at radius 2 is 1.38 bits per heavy atom. The quantitative estimate of drug-likeness (QED) is 0.230. The second kappa shape index (κ2) is 15.9. The zero-order chi connectivity index (χ0) is 15.2. The summed E-state index contributed by atoms with van der Waals surface area (Å²) in [6, 6.07) is 0. The molecule has 0 amide bonds. The molecule has 2 radical (unpaired) electrons. The Balaban J connectivity index is 0. The van der Waals surface area contributed by atoms with Crippen molar-refractivity contribution in [1.29, 1.82) is 0 Å². The summed E-state index contributed by atoms with van der Waals surface area (Å²) in [5.74, 6) is -0.837. The minimum atomic E-state index is -0.447. The SMILES string of the molecule is CCCCOC(=O)/C=C(/CCCC)C(=O)OCCCC.[SnH2]. The number of ether oxygens (including phenoxy) is 2. The van der Waals surface area contributed by atoms with Crippen LogP contribution in [-0.2, 0) is 19.1 Å². The van der Waals surface area contributed by atoms with Gasteiger partial charge in [0.25, 0.3) is 0 Å². The first kappa shape index (κ1) is 22.8. The Bertz CT molecular complexity index is 313. The van der Waals surface area contributed by atoms with Crippen LogP contribution in [0.4, 0.5) is 0 Å². The molecular formula is C16H30O4Sn. The van der Waals surface area contributed by atoms with E-state index in [1.807, 2.05) is 20.8 Å². The van der Waals surface area contributed by atoms with Crippen molar-refractivity contribution in [3.05, 3.63) is 11.6 Å². The summed E-state index contributed by atoms with van der Waals surface area (Å²) >= 11 is 0. The third-order valence-corrected chi connectivity index (χ3v) is 2.83. The molecule has 122 valence electrons. The van der Waals surface area contributed by atoms with Crippen molar-refractivity contribution >= 4 is 35.8 Å². The fraction of sp³-hybridized carbons (Fsp3) is 0.750. The van der Waals surface area contributed by atoms with Gasteiger partial charge in [-0.25, -0.2) is 9.59 Å². The summed E-state index contributed by atoms with van der Waals surface area (Å²) in [4.78, 5) is 23.5. The van der Waals surface area contributed by atoms with E-state index in [4.69, 9.17) is 9.47 Å². The normalized spacial score (nSPS) is 10.7. The van der Waals surface area contributed by atoms with Gasteiger partial charge in [-0.05, 0) is 25.7 Å². The van der Waals surface area contributed by atoms with Crippen LogP contribution in [0.25, 0.3) is 0 Å². The van der Waals surface area contributed by atoms with Crippen molar-refractivity contribution in [1.82, 2.24) is 0 Å². The van der Waals surface area contributed by atoms with E-state index in [-0.39, 0.29) is 29.9 Å². The molecular weight excluding hydrogens is 375 g/mol. The molecule has 0 unspecified atom stereocenters. The third-order valence-electron chi connectivity index (χ3n) is 2.83. The zero-order valence-corrected chi connectivity index (χ0v) is 17.8. The van der Waals surface area contributed by atoms with Gasteiger partial charge in [-0.1, -0.05) is 40.0 Å². The third kappa shape index (κ3) is 12.9. The van der Waals surface area contributed by atoms with E-state index >= 15 is 0 Å². The van der Waals surface area contributed by atoms with Crippen LogP contribution in [0.15, 0.2) is 11.6 Å². The number of esters is 2. The molecule has 0 aliphatic carbocycles. The molecule has 0 saturated carbocycles. The molecule has 21 heavy (non-hydrogen) atoms. The first-order chi connectivity index (χ1) is 9.65. The Hall–Kier alpha value is -0.521. The van der Waals surface area contributed by atoms with E-state index in [1.165, 1.54) is 6.08 Å². The van der Waals surface area contributed by atoms with Gasteiger partial charge in [-0.3, -0.25) is 0 Å². The molecule has 0 bridgehead atoms. The van der Waals surface area contributed by atoms with E-state index in [0.717, 1.165) is 38.5 Å². The topological polar surface area (TPSA) is 52.6 Å². The zero-order valence-electron chi connectivity index (χ0n) is 13.8. The van der Waals surface area contributed by atoms with E-state index in [9.17, 15) is 9.59 Å². The van der Waals surface area contributed by atoms with Crippen LogP contribution < -0.4 is 0 Å². The van der Waals surface area contributed by atoms with Crippen LogP contribution in [0.2, 0.25) is 0 Å². The van der Waals surface area contributed by atoms with Crippen molar-refractivity contribution in [3.63, 3.8) is 0 Å². The van der Waals surface area contributed by atoms with Gasteiger partial charge in [0.05, 0.1) is 13.2 Å². The first-order valence-corrected chi connectivity index (χ1v) is 7.70. The molecule has 0 aliphatic rings. The Kier molecular flexibility index (Phi) is 17.2. The van der Waals surface area contributed by atoms with Gasteiger partial charge in [0, 0.05) is 11.6 Å². The van der Waals surface area contributed by atoms with Crippen LogP contribution in [0.1, 0.15) is 65.7 Å². The molecule has 5 heteroatoms. The fourth-order valence-corrected chi connectivity index (χ4v) is 1.50. The maximum atomic E-state index is 11.9. The number of hydrogen-bond donors (Lipinski definition) is 0. The average Bonchev–Trinajstić information content (AvgIpc) is 2.43. The van der Waals surface area contributed by atoms with Gasteiger partial charge in [0.15, 0.2) is 0 Å². The van der Waals surface area contributed by atoms with E-state index < -0.39 is 5.97 Å². The van der Waals surface area contributed by atoms with Gasteiger partial charge in [0.1, 0.15) is 0 Å². The van der Waals surface area contributed by atoms with Crippen molar-refractivity contribution in [2.75, 3.05) is 13.2 Å². The standard InChI is InChI=1S/C16H28O4.Sn.2H/c1-4-7-10-14(16(18)20-12-9-6-3)13-15(17)19-11-8-5-2;;;/h13H,4-12H2,1-3H3;;;/b14-13-;;;. The van der Waals surface area contributed by atoms with Crippen LogP contribution >= 0.6 is 0 Å². The fourth-order valence-electron chi connectivity index (χ4n) is 1.50. The summed E-state index contributed by atoms with van der Waals surface area (Å²) in [5.41, 5.74) is 0.421. The predicted octanol–water partition coefficient (Wildman–Crippen LogP) is 2.87. The minimum absolute atomic E-state index is 0. The van der Waals surface area contributed by atoms with Crippen molar-refractivity contribution in [2.45, 2.75) is 65.7 Å². The van der Waals surface area contributed by atoms with Crippen LogP contribution in [0.5, 0.6) is 0 Å². The molecule has 0 aromatic carbocycles. The van der Waals surface area contributed by atoms with Crippen molar-refractivity contribution in [3.8, 4) is 0 Å². The Morgan fingerprint density at radius 3 is 1.90 bits per heavy atom. The Labute approximate surface area is 145 Å². The summed E-state index contributed by atoms with van der Waals surface area (Å²) in [7, 11) is 0. The molecule has 4 nitrogen and oxygen atoms in total. The van der Waals surface area contributed by atoms with E-state index in [2.05, 4.69) is 0 Å². The molecule has 0 aromatic rings. The molecule has 0 saturated heterocycles. The van der Waals surface area contributed by atoms with Crippen LogP contribution in [-0.4, -0.2) is 49.1 Å². The van der Waals surface area contributed by atoms with Gasteiger partial charge in [0.2, 0.25) is 0 Å². The van der Waals surface area contributed by atoms with Crippen LogP contribution in [0.3, 0.4) is 0 Å². The summed E-state index contributed by atoms with van der Waals surface area (Å²) < 4.78 is 10.2. The predicted molar refractivity (Wildman–Crippen MR) is 87.9 cm³/mol. The summed E-state index contributed by atoms with van der Waals surface area (Å²) in [6.45, 7) is 6.91. The van der Waals surface area contributed by atoms with Gasteiger partial charge >= 0.3 is 35.8 Å². The molecule has 0 heterocycles. The van der Waals surface area contributed by atoms with Gasteiger partial charge in [-0.2, -0.15) is 0 Å². The summed E-state index contributed by atoms with van der Waals surface area (Å²) in [5, 5.41) is 0. The molecule has 0 aliphatic heterocycles. The summed E-state index contributed by atoms with van der Waals surface area (Å²) in [6.07, 6.45) is 7.29. The van der Waals surface area contributed by atoms with Gasteiger partial charge in [-0.15, -0.1) is 0 Å². The number of carbonyl (C=O) groups excluding carboxylic acids is 2. The van der Waals surface area contributed by atoms with E-state index in [0.29, 0.717) is 25.2 Å². The van der Waals surface area contributed by atoms with Crippen molar-refractivity contribution < 1.29 is 19.1 Å². The monoisotopic (exact) mass is 406 g/mol. The molecule has 0 rings (SSSR count). The molecule has 0 N–H and O–H groups in total. The second-order valence-electron chi connectivity index (χ2n) is 4.78. The van der Waals surface area contributed by atoms with Crippen molar-refractivity contribution in [2.24, 2.45) is 0 Å². The number of hydrogen-bond acceptors (Lipinski definition) is 4. The average molecular weight is 405 g/mol. The number of unbranched alkanes of at least 4 members (excludes halogenated alkanes) is 3. The first-order valence-electron chi connectivity index (χ1n) is 7.70. The van der Waals surface area contributed by atoms with Gasteiger partial charge < -0.3 is 9.47 Å². The molecule has 0 atom stereocenters. The Morgan fingerprint density at radius 1 is 0.857 bits per heavy atom. The maximum absolute atomic E-state index is 11.9. The number of rotatable bonds is 11. The number of carbonyl (C=O) groups is 2. The second-order valence-corrected chi connectivity index (χ2v) is 4.78. The van der Waals surface area contributed by atoms with E-state index in [1.54, 1.807) is 0 Å². The van der Waals surface area contributed by atoms with Crippen LogP contribution in [0, 0.1) is 0 Å². The molecule has 0 fully saturated rings. The molecule has 0 aromatic heterocycles. The molecule has 0 spiro atoms.